The monoisotopic (exact) mass is 1090 g/mol. The van der Waals surface area contributed by atoms with Crippen LogP contribution in [0.25, 0.3) is 0 Å². The van der Waals surface area contributed by atoms with Gasteiger partial charge in [-0.1, -0.05) is 320 Å². The Balaban J connectivity index is 4.24. The van der Waals surface area contributed by atoms with Crippen LogP contribution in [-0.2, 0) is 28.6 Å². The van der Waals surface area contributed by atoms with Crippen molar-refractivity contribution >= 4 is 17.9 Å². The first-order valence-electron chi connectivity index (χ1n) is 34.6. The Labute approximate surface area is 486 Å². The molecule has 6 heteroatoms. The summed E-state index contributed by atoms with van der Waals surface area (Å²) in [6, 6.07) is 0. The van der Waals surface area contributed by atoms with Gasteiger partial charge in [-0.2, -0.15) is 0 Å². The van der Waals surface area contributed by atoms with E-state index in [0.29, 0.717) is 19.3 Å². The summed E-state index contributed by atoms with van der Waals surface area (Å²) in [7, 11) is 0. The Morgan fingerprint density at radius 3 is 0.756 bits per heavy atom. The topological polar surface area (TPSA) is 78.9 Å². The molecule has 0 aliphatic heterocycles. The van der Waals surface area contributed by atoms with Crippen molar-refractivity contribution < 1.29 is 28.6 Å². The summed E-state index contributed by atoms with van der Waals surface area (Å²) in [5.74, 6) is -0.869. The first-order chi connectivity index (χ1) is 38.5. The largest absolute Gasteiger partial charge is 0.462 e. The molecule has 0 bridgehead atoms. The lowest BCUT2D eigenvalue weighted by Crippen LogP contribution is -2.30. The van der Waals surface area contributed by atoms with Crippen molar-refractivity contribution in [2.24, 2.45) is 0 Å². The molecule has 6 nitrogen and oxygen atoms in total. The summed E-state index contributed by atoms with van der Waals surface area (Å²) in [5, 5.41) is 0. The lowest BCUT2D eigenvalue weighted by molar-refractivity contribution is -0.167. The van der Waals surface area contributed by atoms with E-state index in [1.54, 1.807) is 0 Å². The Hall–Kier alpha value is -2.63. The van der Waals surface area contributed by atoms with Gasteiger partial charge in [0.15, 0.2) is 6.10 Å². The summed E-state index contributed by atoms with van der Waals surface area (Å²) in [5.41, 5.74) is 0. The van der Waals surface area contributed by atoms with Crippen molar-refractivity contribution in [2.75, 3.05) is 13.2 Å². The van der Waals surface area contributed by atoms with E-state index in [2.05, 4.69) is 69.4 Å². The highest BCUT2D eigenvalue weighted by Gasteiger charge is 2.19. The standard InChI is InChI=1S/C72H132O6/c1-4-7-10-13-16-19-22-25-27-29-31-33-35-36-38-39-41-43-45-47-50-53-56-59-62-65-71(74)77-68-69(67-76-70(73)64-61-58-55-52-49-24-21-18-15-12-9-6-3)78-72(75)66-63-60-57-54-51-48-46-44-42-40-37-34-32-30-28-26-23-20-17-14-11-8-5-2/h18,21,23,26,30,32,37,40,69H,4-17,19-20,22,24-25,27-29,31,33-36,38-39,41-68H2,1-3H3/b21-18-,26-23-,32-30-,40-37-. The fourth-order valence-corrected chi connectivity index (χ4v) is 10.3. The number of hydrogen-bond donors (Lipinski definition) is 0. The van der Waals surface area contributed by atoms with E-state index in [9.17, 15) is 14.4 Å². The van der Waals surface area contributed by atoms with Crippen molar-refractivity contribution in [1.29, 1.82) is 0 Å². The molecule has 0 fully saturated rings. The molecular formula is C72H132O6. The molecule has 0 saturated heterocycles. The summed E-state index contributed by atoms with van der Waals surface area (Å²) in [4.78, 5) is 38.4. The lowest BCUT2D eigenvalue weighted by Gasteiger charge is -2.18. The molecule has 0 aromatic heterocycles. The Bertz CT molecular complexity index is 1350. The van der Waals surface area contributed by atoms with Crippen LogP contribution in [0.1, 0.15) is 374 Å². The summed E-state index contributed by atoms with van der Waals surface area (Å²) in [6.45, 7) is 6.65. The molecule has 0 N–H and O–H groups in total. The van der Waals surface area contributed by atoms with E-state index in [-0.39, 0.29) is 31.1 Å². The quantitative estimate of drug-likeness (QED) is 0.0261. The van der Waals surface area contributed by atoms with Gasteiger partial charge in [-0.3, -0.25) is 14.4 Å². The molecule has 0 aliphatic carbocycles. The van der Waals surface area contributed by atoms with Crippen LogP contribution in [0.2, 0.25) is 0 Å². The van der Waals surface area contributed by atoms with Crippen LogP contribution in [-0.4, -0.2) is 37.2 Å². The van der Waals surface area contributed by atoms with Gasteiger partial charge in [-0.25, -0.2) is 0 Å². The number of allylic oxidation sites excluding steroid dienone is 8. The van der Waals surface area contributed by atoms with Gasteiger partial charge in [0.25, 0.3) is 0 Å². The van der Waals surface area contributed by atoms with Crippen LogP contribution in [0.5, 0.6) is 0 Å². The molecular weight excluding hydrogens is 961 g/mol. The summed E-state index contributed by atoms with van der Waals surface area (Å²) < 4.78 is 17.0. The molecule has 456 valence electrons. The fraction of sp³-hybridized carbons (Fsp3) is 0.847. The van der Waals surface area contributed by atoms with Crippen molar-refractivity contribution in [3.8, 4) is 0 Å². The minimum absolute atomic E-state index is 0.0750. The Morgan fingerprint density at radius 1 is 0.256 bits per heavy atom. The van der Waals surface area contributed by atoms with Gasteiger partial charge in [-0.05, 0) is 83.5 Å². The van der Waals surface area contributed by atoms with Crippen molar-refractivity contribution in [2.45, 2.75) is 380 Å². The third-order valence-electron chi connectivity index (χ3n) is 15.6. The highest BCUT2D eigenvalue weighted by atomic mass is 16.6. The van der Waals surface area contributed by atoms with E-state index >= 15 is 0 Å². The highest BCUT2D eigenvalue weighted by molar-refractivity contribution is 5.71. The van der Waals surface area contributed by atoms with E-state index < -0.39 is 6.10 Å². The molecule has 1 atom stereocenters. The van der Waals surface area contributed by atoms with Crippen molar-refractivity contribution in [3.63, 3.8) is 0 Å². The number of carbonyl (C=O) groups excluding carboxylic acids is 3. The minimum Gasteiger partial charge on any atom is -0.462 e. The van der Waals surface area contributed by atoms with Crippen molar-refractivity contribution in [3.05, 3.63) is 48.6 Å². The van der Waals surface area contributed by atoms with E-state index in [4.69, 9.17) is 14.2 Å². The van der Waals surface area contributed by atoms with E-state index in [1.807, 2.05) is 0 Å². The Kier molecular flexibility index (Phi) is 64.6. The number of ether oxygens (including phenoxy) is 3. The molecule has 0 aromatic rings. The van der Waals surface area contributed by atoms with E-state index in [0.717, 1.165) is 83.5 Å². The number of carbonyl (C=O) groups is 3. The third kappa shape index (κ3) is 64.2. The molecule has 0 aromatic carbocycles. The molecule has 78 heavy (non-hydrogen) atoms. The summed E-state index contributed by atoms with van der Waals surface area (Å²) in [6.07, 6.45) is 84.2. The molecule has 0 saturated carbocycles. The van der Waals surface area contributed by atoms with Gasteiger partial charge in [0.1, 0.15) is 13.2 Å². The first-order valence-corrected chi connectivity index (χ1v) is 34.6. The van der Waals surface area contributed by atoms with Crippen molar-refractivity contribution in [1.82, 2.24) is 0 Å². The molecule has 0 spiro atoms. The molecule has 0 amide bonds. The average Bonchev–Trinajstić information content (AvgIpc) is 3.44. The van der Waals surface area contributed by atoms with Crippen LogP contribution in [0.4, 0.5) is 0 Å². The molecule has 1 unspecified atom stereocenters. The van der Waals surface area contributed by atoms with Gasteiger partial charge >= 0.3 is 17.9 Å². The maximum absolute atomic E-state index is 12.9. The highest BCUT2D eigenvalue weighted by Crippen LogP contribution is 2.18. The second-order valence-electron chi connectivity index (χ2n) is 23.4. The van der Waals surface area contributed by atoms with Gasteiger partial charge in [-0.15, -0.1) is 0 Å². The molecule has 0 radical (unpaired) electrons. The SMILES string of the molecule is CCCCC/C=C\CCCCCCCC(=O)OCC(COC(=O)CCCCCCCCCCCCCCCCCCCCCCCCCCC)OC(=O)CCCCCCCCCC/C=C\C/C=C\C/C=C\CCCCCCC. The van der Waals surface area contributed by atoms with Gasteiger partial charge in [0, 0.05) is 19.3 Å². The zero-order valence-electron chi connectivity index (χ0n) is 52.5. The van der Waals surface area contributed by atoms with Gasteiger partial charge in [0.2, 0.25) is 0 Å². The zero-order chi connectivity index (χ0) is 56.4. The number of rotatable bonds is 64. The third-order valence-corrected chi connectivity index (χ3v) is 15.6. The maximum atomic E-state index is 12.9. The van der Waals surface area contributed by atoms with Crippen LogP contribution in [0, 0.1) is 0 Å². The predicted molar refractivity (Wildman–Crippen MR) is 339 cm³/mol. The van der Waals surface area contributed by atoms with Crippen LogP contribution in [0.3, 0.4) is 0 Å². The van der Waals surface area contributed by atoms with Crippen LogP contribution >= 0.6 is 0 Å². The number of unbranched alkanes of at least 4 members (excludes halogenated alkanes) is 45. The fourth-order valence-electron chi connectivity index (χ4n) is 10.3. The predicted octanol–water partition coefficient (Wildman–Crippen LogP) is 23.7. The van der Waals surface area contributed by atoms with Gasteiger partial charge in [0.05, 0.1) is 0 Å². The number of hydrogen-bond acceptors (Lipinski definition) is 6. The smallest absolute Gasteiger partial charge is 0.306 e. The van der Waals surface area contributed by atoms with E-state index in [1.165, 1.54) is 250 Å². The lowest BCUT2D eigenvalue weighted by atomic mass is 10.0. The van der Waals surface area contributed by atoms with Gasteiger partial charge < -0.3 is 14.2 Å². The average molecular weight is 1090 g/mol. The number of esters is 3. The molecule has 0 aliphatic rings. The van der Waals surface area contributed by atoms with Crippen LogP contribution in [0.15, 0.2) is 48.6 Å². The normalized spacial score (nSPS) is 12.3. The molecule has 0 rings (SSSR count). The van der Waals surface area contributed by atoms with Crippen LogP contribution < -0.4 is 0 Å². The maximum Gasteiger partial charge on any atom is 0.306 e. The minimum atomic E-state index is -0.780. The summed E-state index contributed by atoms with van der Waals surface area (Å²) >= 11 is 0. The second kappa shape index (κ2) is 66.9. The molecule has 0 heterocycles. The Morgan fingerprint density at radius 2 is 0.462 bits per heavy atom. The first kappa shape index (κ1) is 75.4. The zero-order valence-corrected chi connectivity index (χ0v) is 52.5. The second-order valence-corrected chi connectivity index (χ2v) is 23.4.